The van der Waals surface area contributed by atoms with Crippen LogP contribution in [0.5, 0.6) is 0 Å². The van der Waals surface area contributed by atoms with Crippen molar-refractivity contribution >= 4 is 5.91 Å². The van der Waals surface area contributed by atoms with Crippen LogP contribution >= 0.6 is 0 Å². The van der Waals surface area contributed by atoms with E-state index in [4.69, 9.17) is 0 Å². The highest BCUT2D eigenvalue weighted by atomic mass is 16.2. The summed E-state index contributed by atoms with van der Waals surface area (Å²) in [6.07, 6.45) is 2.12. The van der Waals surface area contributed by atoms with E-state index < -0.39 is 6.04 Å². The van der Waals surface area contributed by atoms with Crippen molar-refractivity contribution in [3.05, 3.63) is 46.4 Å². The fraction of sp³-hybridized carbons (Fsp3) is 0.444. The molecule has 6 nitrogen and oxygen atoms in total. The zero-order valence-corrected chi connectivity index (χ0v) is 14.4. The van der Waals surface area contributed by atoms with Crippen molar-refractivity contribution in [1.82, 2.24) is 20.5 Å². The van der Waals surface area contributed by atoms with Crippen molar-refractivity contribution in [1.29, 1.82) is 0 Å². The monoisotopic (exact) mass is 328 g/mol. The van der Waals surface area contributed by atoms with E-state index >= 15 is 0 Å². The molecule has 0 aliphatic rings. The Bertz CT molecular complexity index is 723. The fourth-order valence-corrected chi connectivity index (χ4v) is 2.61. The molecule has 1 aromatic carbocycles. The predicted octanol–water partition coefficient (Wildman–Crippen LogP) is 2.84. The SMILES string of the molecule is CCC(CC)C(=O)NC(CC)c1nnc(-c2ccccc2)[nH]c1=O. The smallest absolute Gasteiger partial charge is 0.275 e. The molecule has 2 N–H and O–H groups in total. The molecule has 1 unspecified atom stereocenters. The Labute approximate surface area is 141 Å². The second kappa shape index (κ2) is 8.38. The van der Waals surface area contributed by atoms with E-state index in [1.54, 1.807) is 0 Å². The third kappa shape index (κ3) is 4.07. The second-order valence-corrected chi connectivity index (χ2v) is 5.74. The molecule has 0 saturated carbocycles. The van der Waals surface area contributed by atoms with E-state index in [2.05, 4.69) is 20.5 Å². The molecule has 0 saturated heterocycles. The molecule has 0 radical (unpaired) electrons. The molecule has 128 valence electrons. The molecule has 6 heteroatoms. The number of hydrogen-bond donors (Lipinski definition) is 2. The lowest BCUT2D eigenvalue weighted by Gasteiger charge is -2.19. The van der Waals surface area contributed by atoms with Crippen molar-refractivity contribution in [2.75, 3.05) is 0 Å². The van der Waals surface area contributed by atoms with Gasteiger partial charge in [0, 0.05) is 11.5 Å². The number of nitrogens with one attached hydrogen (secondary N) is 2. The van der Waals surface area contributed by atoms with Gasteiger partial charge in [-0.1, -0.05) is 51.1 Å². The van der Waals surface area contributed by atoms with Crippen LogP contribution in [0.2, 0.25) is 0 Å². The molecule has 0 fully saturated rings. The lowest BCUT2D eigenvalue weighted by molar-refractivity contribution is -0.126. The van der Waals surface area contributed by atoms with Crippen molar-refractivity contribution in [2.45, 2.75) is 46.1 Å². The highest BCUT2D eigenvalue weighted by Gasteiger charge is 2.22. The largest absolute Gasteiger partial charge is 0.347 e. The number of H-pyrrole nitrogens is 1. The lowest BCUT2D eigenvalue weighted by atomic mass is 10.0. The van der Waals surface area contributed by atoms with Crippen LogP contribution in [0.3, 0.4) is 0 Å². The van der Waals surface area contributed by atoms with Gasteiger partial charge in [0.25, 0.3) is 5.56 Å². The fourth-order valence-electron chi connectivity index (χ4n) is 2.61. The molecule has 1 amide bonds. The van der Waals surface area contributed by atoms with E-state index in [0.29, 0.717) is 12.2 Å². The number of aromatic amines is 1. The first-order valence-corrected chi connectivity index (χ1v) is 8.43. The normalized spacial score (nSPS) is 12.2. The Hall–Kier alpha value is -2.50. The topological polar surface area (TPSA) is 87.7 Å². The average molecular weight is 328 g/mol. The molecule has 1 heterocycles. The number of carbonyl (C=O) groups is 1. The van der Waals surface area contributed by atoms with Gasteiger partial charge in [0.05, 0.1) is 6.04 Å². The lowest BCUT2D eigenvalue weighted by Crippen LogP contribution is -2.36. The summed E-state index contributed by atoms with van der Waals surface area (Å²) < 4.78 is 0. The Morgan fingerprint density at radius 2 is 1.75 bits per heavy atom. The van der Waals surface area contributed by atoms with Crippen LogP contribution in [-0.4, -0.2) is 21.1 Å². The van der Waals surface area contributed by atoms with E-state index in [1.807, 2.05) is 51.1 Å². The van der Waals surface area contributed by atoms with Crippen LogP contribution < -0.4 is 10.9 Å². The first-order valence-electron chi connectivity index (χ1n) is 8.43. The second-order valence-electron chi connectivity index (χ2n) is 5.74. The highest BCUT2D eigenvalue weighted by Crippen LogP contribution is 2.16. The Morgan fingerprint density at radius 1 is 1.08 bits per heavy atom. The molecule has 24 heavy (non-hydrogen) atoms. The van der Waals surface area contributed by atoms with Crippen LogP contribution in [0.1, 0.15) is 51.8 Å². The number of benzene rings is 1. The van der Waals surface area contributed by atoms with Gasteiger partial charge >= 0.3 is 0 Å². The van der Waals surface area contributed by atoms with Gasteiger partial charge in [0.2, 0.25) is 5.91 Å². The summed E-state index contributed by atoms with van der Waals surface area (Å²) in [5, 5.41) is 11.1. The van der Waals surface area contributed by atoms with Gasteiger partial charge in [0.15, 0.2) is 11.5 Å². The van der Waals surface area contributed by atoms with Gasteiger partial charge in [-0.15, -0.1) is 10.2 Å². The Balaban J connectivity index is 2.24. The van der Waals surface area contributed by atoms with Crippen LogP contribution in [0.4, 0.5) is 0 Å². The highest BCUT2D eigenvalue weighted by molar-refractivity contribution is 5.78. The van der Waals surface area contributed by atoms with Gasteiger partial charge < -0.3 is 10.3 Å². The first-order chi connectivity index (χ1) is 11.6. The molecule has 0 aliphatic carbocycles. The maximum Gasteiger partial charge on any atom is 0.275 e. The predicted molar refractivity (Wildman–Crippen MR) is 93.3 cm³/mol. The summed E-state index contributed by atoms with van der Waals surface area (Å²) in [7, 11) is 0. The van der Waals surface area contributed by atoms with E-state index in [-0.39, 0.29) is 23.1 Å². The van der Waals surface area contributed by atoms with E-state index in [1.165, 1.54) is 0 Å². The van der Waals surface area contributed by atoms with Gasteiger partial charge in [-0.25, -0.2) is 0 Å². The summed E-state index contributed by atoms with van der Waals surface area (Å²) in [4.78, 5) is 27.4. The van der Waals surface area contributed by atoms with E-state index in [0.717, 1.165) is 18.4 Å². The molecular weight excluding hydrogens is 304 g/mol. The summed E-state index contributed by atoms with van der Waals surface area (Å²) in [5.41, 5.74) is 0.722. The molecule has 0 spiro atoms. The zero-order valence-electron chi connectivity index (χ0n) is 14.4. The molecule has 2 aromatic rings. The summed E-state index contributed by atoms with van der Waals surface area (Å²) >= 11 is 0. The van der Waals surface area contributed by atoms with Crippen molar-refractivity contribution in [3.63, 3.8) is 0 Å². The number of amides is 1. The third-order valence-electron chi connectivity index (χ3n) is 4.18. The number of hydrogen-bond acceptors (Lipinski definition) is 4. The first kappa shape index (κ1) is 17.8. The summed E-state index contributed by atoms with van der Waals surface area (Å²) in [6, 6.07) is 8.91. The number of rotatable bonds is 7. The average Bonchev–Trinajstić information content (AvgIpc) is 2.61. The summed E-state index contributed by atoms with van der Waals surface area (Å²) in [6.45, 7) is 5.87. The number of carbonyl (C=O) groups excluding carboxylic acids is 1. The molecule has 1 aromatic heterocycles. The minimum atomic E-state index is -0.431. The van der Waals surface area contributed by atoms with Crippen molar-refractivity contribution < 1.29 is 4.79 Å². The van der Waals surface area contributed by atoms with Crippen LogP contribution in [0.25, 0.3) is 11.4 Å². The van der Waals surface area contributed by atoms with Crippen molar-refractivity contribution in [2.24, 2.45) is 5.92 Å². The zero-order chi connectivity index (χ0) is 17.5. The van der Waals surface area contributed by atoms with Crippen molar-refractivity contribution in [3.8, 4) is 11.4 Å². The summed E-state index contributed by atoms with van der Waals surface area (Å²) in [5.74, 6) is 0.334. The third-order valence-corrected chi connectivity index (χ3v) is 4.18. The molecule has 1 atom stereocenters. The molecule has 0 bridgehead atoms. The molecular formula is C18H24N4O2. The number of nitrogens with zero attached hydrogens (tertiary/aromatic N) is 2. The quantitative estimate of drug-likeness (QED) is 0.818. The van der Waals surface area contributed by atoms with Crippen LogP contribution in [0.15, 0.2) is 35.1 Å². The Morgan fingerprint density at radius 3 is 2.29 bits per heavy atom. The standard InChI is InChI=1S/C18H24N4O2/c1-4-12(5-2)17(23)19-14(6-3)15-18(24)20-16(22-21-15)13-10-8-7-9-11-13/h7-12,14H,4-6H2,1-3H3,(H,19,23)(H,20,22,24). The van der Waals surface area contributed by atoms with Gasteiger partial charge in [-0.05, 0) is 19.3 Å². The number of aromatic nitrogens is 3. The van der Waals surface area contributed by atoms with Gasteiger partial charge in [-0.3, -0.25) is 9.59 Å². The maximum atomic E-state index is 12.4. The maximum absolute atomic E-state index is 12.4. The van der Waals surface area contributed by atoms with Crippen LogP contribution in [-0.2, 0) is 4.79 Å². The van der Waals surface area contributed by atoms with Gasteiger partial charge in [0.1, 0.15) is 0 Å². The minimum Gasteiger partial charge on any atom is -0.347 e. The Kier molecular flexibility index (Phi) is 6.23. The van der Waals surface area contributed by atoms with Gasteiger partial charge in [-0.2, -0.15) is 0 Å². The van der Waals surface area contributed by atoms with Crippen LogP contribution in [0, 0.1) is 5.92 Å². The minimum absolute atomic E-state index is 0.0415. The molecule has 2 rings (SSSR count). The van der Waals surface area contributed by atoms with E-state index in [9.17, 15) is 9.59 Å². The molecule has 0 aliphatic heterocycles.